The second kappa shape index (κ2) is 7.33. The molecule has 0 spiro atoms. The van der Waals surface area contributed by atoms with Crippen molar-refractivity contribution >= 4 is 17.9 Å². The van der Waals surface area contributed by atoms with Crippen LogP contribution in [0.25, 0.3) is 0 Å². The van der Waals surface area contributed by atoms with Crippen molar-refractivity contribution in [2.24, 2.45) is 18.0 Å². The summed E-state index contributed by atoms with van der Waals surface area (Å²) in [4.78, 5) is 16.8. The molecule has 0 aliphatic carbocycles. The maximum Gasteiger partial charge on any atom is 0.471 e. The summed E-state index contributed by atoms with van der Waals surface area (Å²) in [6.07, 6.45) is 5.17. The number of amides is 1. The third-order valence-corrected chi connectivity index (χ3v) is 4.95. The van der Waals surface area contributed by atoms with E-state index >= 15 is 0 Å². The molecule has 1 aromatic rings. The van der Waals surface area contributed by atoms with E-state index in [2.05, 4.69) is 20.9 Å². The Kier molecular flexibility index (Phi) is 4.84. The Bertz CT molecular complexity index is 874. The standard InChI is InChI=1S/C17H21F3N8O/c1-25-9-13(5-22-25)24-27-10-15-14(21-11-27)6-23-28(15)8-12-3-2-4-26(7-12)16(29)17(18,19)20/h5-6,9-12,23-24H,2-4,7-8H2,1H3. The topological polar surface area (TPSA) is 81.0 Å². The number of hydrogen-bond donors (Lipinski definition) is 2. The second-order valence-electron chi connectivity index (χ2n) is 7.21. The number of anilines is 1. The molecule has 1 fully saturated rings. The lowest BCUT2D eigenvalue weighted by molar-refractivity contribution is -0.187. The molecule has 0 aromatic carbocycles. The number of aliphatic imine (C=N–C) groups is 1. The predicted octanol–water partition coefficient (Wildman–Crippen LogP) is 1.39. The number of hydrazine groups is 2. The number of rotatable bonds is 4. The average molecular weight is 410 g/mol. The molecule has 3 aliphatic heterocycles. The number of carbonyl (C=O) groups excluding carboxylic acids is 1. The van der Waals surface area contributed by atoms with Gasteiger partial charge in [0.1, 0.15) is 17.7 Å². The highest BCUT2D eigenvalue weighted by atomic mass is 19.4. The third kappa shape index (κ3) is 4.15. The summed E-state index contributed by atoms with van der Waals surface area (Å²) < 4.78 is 39.9. The Morgan fingerprint density at radius 3 is 2.97 bits per heavy atom. The van der Waals surface area contributed by atoms with E-state index in [1.165, 1.54) is 0 Å². The summed E-state index contributed by atoms with van der Waals surface area (Å²) in [6, 6.07) is 0. The predicted molar refractivity (Wildman–Crippen MR) is 98.5 cm³/mol. The highest BCUT2D eigenvalue weighted by molar-refractivity contribution is 5.81. The van der Waals surface area contributed by atoms with Crippen molar-refractivity contribution in [2.75, 3.05) is 25.1 Å². The van der Waals surface area contributed by atoms with Gasteiger partial charge in [0.05, 0.1) is 18.1 Å². The highest BCUT2D eigenvalue weighted by Crippen LogP contribution is 2.28. The third-order valence-electron chi connectivity index (χ3n) is 4.95. The van der Waals surface area contributed by atoms with Gasteiger partial charge in [-0.25, -0.2) is 10.0 Å². The molecule has 1 aromatic heterocycles. The van der Waals surface area contributed by atoms with Crippen LogP contribution >= 0.6 is 0 Å². The maximum atomic E-state index is 12.7. The minimum Gasteiger partial charge on any atom is -0.335 e. The number of alkyl halides is 3. The fraction of sp³-hybridized carbons (Fsp3) is 0.471. The van der Waals surface area contributed by atoms with Crippen molar-refractivity contribution in [2.45, 2.75) is 19.0 Å². The van der Waals surface area contributed by atoms with E-state index in [1.54, 1.807) is 28.4 Å². The Morgan fingerprint density at radius 2 is 2.24 bits per heavy atom. The first kappa shape index (κ1) is 19.2. The molecule has 0 radical (unpaired) electrons. The summed E-state index contributed by atoms with van der Waals surface area (Å²) in [5.74, 6) is -1.84. The van der Waals surface area contributed by atoms with E-state index in [0.29, 0.717) is 13.0 Å². The molecule has 12 heteroatoms. The van der Waals surface area contributed by atoms with Crippen molar-refractivity contribution in [3.05, 3.63) is 36.2 Å². The van der Waals surface area contributed by atoms with Gasteiger partial charge in [0, 0.05) is 39.1 Å². The molecule has 4 heterocycles. The van der Waals surface area contributed by atoms with Crippen molar-refractivity contribution in [1.82, 2.24) is 30.1 Å². The lowest BCUT2D eigenvalue weighted by atomic mass is 9.97. The summed E-state index contributed by atoms with van der Waals surface area (Å²) in [5.41, 5.74) is 8.55. The van der Waals surface area contributed by atoms with Crippen LogP contribution in [-0.4, -0.2) is 62.8 Å². The van der Waals surface area contributed by atoms with Gasteiger partial charge >= 0.3 is 12.1 Å². The number of fused-ring (bicyclic) bond motifs is 1. The summed E-state index contributed by atoms with van der Waals surface area (Å²) >= 11 is 0. The number of nitrogens with zero attached hydrogens (tertiary/aromatic N) is 6. The van der Waals surface area contributed by atoms with Crippen LogP contribution in [0.1, 0.15) is 12.8 Å². The first-order valence-electron chi connectivity index (χ1n) is 9.19. The van der Waals surface area contributed by atoms with Gasteiger partial charge < -0.3 is 10.3 Å². The van der Waals surface area contributed by atoms with Crippen molar-refractivity contribution < 1.29 is 18.0 Å². The molecule has 1 atom stereocenters. The Hall–Kier alpha value is -3.18. The van der Waals surface area contributed by atoms with Crippen LogP contribution in [-0.2, 0) is 11.8 Å². The molecule has 0 saturated carbocycles. The number of nitrogens with one attached hydrogen (secondary N) is 2. The van der Waals surface area contributed by atoms with Gasteiger partial charge in [0.2, 0.25) is 0 Å². The van der Waals surface area contributed by atoms with Gasteiger partial charge in [0.25, 0.3) is 0 Å². The molecular formula is C17H21F3N8O. The van der Waals surface area contributed by atoms with E-state index in [1.807, 2.05) is 24.5 Å². The first-order chi connectivity index (χ1) is 13.8. The SMILES string of the molecule is Cn1cc(NN2C=NC3=CNN(CC4CCCN(C(=O)C(F)(F)F)C4)C3=C2)cn1. The number of hydrogen-bond acceptors (Lipinski definition) is 7. The zero-order chi connectivity index (χ0) is 20.6. The number of aromatic nitrogens is 2. The fourth-order valence-electron chi connectivity index (χ4n) is 3.63. The summed E-state index contributed by atoms with van der Waals surface area (Å²) in [6.45, 7) is 0.686. The molecule has 2 N–H and O–H groups in total. The molecule has 0 bridgehead atoms. The minimum atomic E-state index is -4.83. The van der Waals surface area contributed by atoms with Gasteiger partial charge in [-0.05, 0) is 18.8 Å². The molecule has 1 unspecified atom stereocenters. The quantitative estimate of drug-likeness (QED) is 0.781. The number of aryl methyl sites for hydroxylation is 1. The van der Waals surface area contributed by atoms with E-state index in [0.717, 1.165) is 28.4 Å². The van der Waals surface area contributed by atoms with Crippen molar-refractivity contribution in [3.8, 4) is 0 Å². The molecule has 3 aliphatic rings. The number of carbonyl (C=O) groups is 1. The number of halogens is 3. The van der Waals surface area contributed by atoms with Gasteiger partial charge in [-0.2, -0.15) is 18.3 Å². The normalized spacial score (nSPS) is 21.5. The second-order valence-corrected chi connectivity index (χ2v) is 7.21. The van der Waals surface area contributed by atoms with Crippen LogP contribution in [0.4, 0.5) is 18.9 Å². The van der Waals surface area contributed by atoms with Crippen LogP contribution in [0.3, 0.4) is 0 Å². The van der Waals surface area contributed by atoms with Gasteiger partial charge in [0.15, 0.2) is 0 Å². The van der Waals surface area contributed by atoms with E-state index in [-0.39, 0.29) is 19.0 Å². The monoisotopic (exact) mass is 410 g/mol. The molecular weight excluding hydrogens is 389 g/mol. The fourth-order valence-corrected chi connectivity index (χ4v) is 3.63. The Labute approximate surface area is 165 Å². The lowest BCUT2D eigenvalue weighted by Crippen LogP contribution is -2.49. The van der Waals surface area contributed by atoms with Crippen LogP contribution < -0.4 is 10.9 Å². The molecule has 29 heavy (non-hydrogen) atoms. The van der Waals surface area contributed by atoms with Crippen molar-refractivity contribution in [3.63, 3.8) is 0 Å². The van der Waals surface area contributed by atoms with Crippen molar-refractivity contribution in [1.29, 1.82) is 0 Å². The van der Waals surface area contributed by atoms with Gasteiger partial charge in [-0.3, -0.25) is 19.9 Å². The minimum absolute atomic E-state index is 0.0816. The van der Waals surface area contributed by atoms with Crippen LogP contribution in [0.15, 0.2) is 41.2 Å². The molecule has 4 rings (SSSR count). The van der Waals surface area contributed by atoms with Gasteiger partial charge in [-0.15, -0.1) is 0 Å². The Morgan fingerprint density at radius 1 is 1.41 bits per heavy atom. The largest absolute Gasteiger partial charge is 0.471 e. The lowest BCUT2D eigenvalue weighted by Gasteiger charge is -2.36. The zero-order valence-electron chi connectivity index (χ0n) is 15.7. The number of likely N-dealkylation sites (tertiary alicyclic amines) is 1. The molecule has 1 saturated heterocycles. The van der Waals surface area contributed by atoms with Crippen LogP contribution in [0.2, 0.25) is 0 Å². The Balaban J connectivity index is 1.40. The molecule has 9 nitrogen and oxygen atoms in total. The van der Waals surface area contributed by atoms with Crippen LogP contribution in [0.5, 0.6) is 0 Å². The maximum absolute atomic E-state index is 12.7. The van der Waals surface area contributed by atoms with Gasteiger partial charge in [-0.1, -0.05) is 0 Å². The van der Waals surface area contributed by atoms with E-state index < -0.39 is 12.1 Å². The first-order valence-corrected chi connectivity index (χ1v) is 9.19. The molecule has 1 amide bonds. The number of piperidine rings is 1. The van der Waals surface area contributed by atoms with E-state index in [4.69, 9.17) is 0 Å². The zero-order valence-corrected chi connectivity index (χ0v) is 15.7. The summed E-state index contributed by atoms with van der Waals surface area (Å²) in [5, 5.41) is 7.62. The molecule has 156 valence electrons. The smallest absolute Gasteiger partial charge is 0.335 e. The summed E-state index contributed by atoms with van der Waals surface area (Å²) in [7, 11) is 1.81. The van der Waals surface area contributed by atoms with E-state index in [9.17, 15) is 18.0 Å². The van der Waals surface area contributed by atoms with Crippen LogP contribution in [0, 0.1) is 5.92 Å². The highest BCUT2D eigenvalue weighted by Gasteiger charge is 2.43. The average Bonchev–Trinajstić information content (AvgIpc) is 3.27.